The molecule has 2 heterocycles. The molecule has 0 amide bonds. The first-order valence-electron chi connectivity index (χ1n) is 9.59. The van der Waals surface area contributed by atoms with Crippen molar-refractivity contribution in [1.29, 1.82) is 0 Å². The largest absolute Gasteiger partial charge is 0.478 e. The molecule has 0 aliphatic carbocycles. The van der Waals surface area contributed by atoms with Crippen molar-refractivity contribution in [2.75, 3.05) is 39.1 Å². The summed E-state index contributed by atoms with van der Waals surface area (Å²) in [4.78, 5) is 19.0. The van der Waals surface area contributed by atoms with Crippen LogP contribution in [-0.4, -0.2) is 60.2 Å². The summed E-state index contributed by atoms with van der Waals surface area (Å²) in [6.45, 7) is 3.81. The Morgan fingerprint density at radius 1 is 1.26 bits per heavy atom. The Morgan fingerprint density at radius 2 is 1.97 bits per heavy atom. The molecule has 1 fully saturated rings. The van der Waals surface area contributed by atoms with Gasteiger partial charge in [-0.25, -0.2) is 9.79 Å². The highest BCUT2D eigenvalue weighted by Crippen LogP contribution is 2.35. The molecular weight excluding hydrogens is 504 g/mol. The number of nitrogens with zero attached hydrogens (tertiary/aromatic N) is 2. The number of hydrogen-bond donors (Lipinski definition) is 2. The molecule has 0 spiro atoms. The Morgan fingerprint density at radius 3 is 2.58 bits per heavy atom. The Bertz CT molecular complexity index is 817. The zero-order chi connectivity index (χ0) is 20.8. The second kappa shape index (κ2) is 13.8. The molecule has 1 aromatic carbocycles. The molecule has 2 N–H and O–H groups in total. The number of piperidine rings is 1. The van der Waals surface area contributed by atoms with Crippen LogP contribution in [0.4, 0.5) is 0 Å². The number of carboxylic acids is 1. The third-order valence-electron chi connectivity index (χ3n) is 5.03. The first-order valence-corrected chi connectivity index (χ1v) is 11.6. The lowest BCUT2D eigenvalue weighted by Crippen LogP contribution is -2.35. The van der Waals surface area contributed by atoms with E-state index in [-0.39, 0.29) is 37.0 Å². The van der Waals surface area contributed by atoms with Gasteiger partial charge in [-0.05, 0) is 49.9 Å². The highest BCUT2D eigenvalue weighted by atomic mass is 35.5. The number of carbonyl (C=O) groups is 1. The normalized spacial score (nSPS) is 19.1. The van der Waals surface area contributed by atoms with Crippen LogP contribution in [0.25, 0.3) is 0 Å². The SMILES string of the molecule is CSC1=NC(c2ccc(Cl)c(Cl)c2)C(C(=O)O)=C(COCCN2CCCCC2)N1.Cl.Cl. The van der Waals surface area contributed by atoms with E-state index in [2.05, 4.69) is 15.2 Å². The molecule has 174 valence electrons. The summed E-state index contributed by atoms with van der Waals surface area (Å²) in [6.07, 6.45) is 5.64. The van der Waals surface area contributed by atoms with E-state index in [0.717, 1.165) is 19.6 Å². The van der Waals surface area contributed by atoms with Gasteiger partial charge in [-0.15, -0.1) is 24.8 Å². The first kappa shape index (κ1) is 28.4. The van der Waals surface area contributed by atoms with E-state index in [4.69, 9.17) is 27.9 Å². The lowest BCUT2D eigenvalue weighted by atomic mass is 9.96. The Balaban J connectivity index is 0.00000240. The van der Waals surface area contributed by atoms with E-state index in [0.29, 0.717) is 33.1 Å². The molecule has 1 unspecified atom stereocenters. The molecule has 0 radical (unpaired) electrons. The number of carboxylic acid groups (broad SMARTS) is 1. The topological polar surface area (TPSA) is 74.2 Å². The Hall–Kier alpha value is -0.670. The fourth-order valence-corrected chi connectivity index (χ4v) is 4.26. The number of ether oxygens (including phenoxy) is 1. The lowest BCUT2D eigenvalue weighted by Gasteiger charge is -2.27. The fraction of sp³-hybridized carbons (Fsp3) is 0.500. The molecule has 1 aromatic rings. The number of aliphatic imine (C=N–C) groups is 1. The van der Waals surface area contributed by atoms with Crippen molar-refractivity contribution in [1.82, 2.24) is 10.2 Å². The van der Waals surface area contributed by atoms with Crippen LogP contribution in [0.2, 0.25) is 10.0 Å². The molecule has 1 saturated heterocycles. The van der Waals surface area contributed by atoms with Crippen LogP contribution in [0.1, 0.15) is 30.9 Å². The molecule has 1 atom stereocenters. The van der Waals surface area contributed by atoms with Crippen LogP contribution in [-0.2, 0) is 9.53 Å². The summed E-state index contributed by atoms with van der Waals surface area (Å²) in [5.41, 5.74) is 1.36. The quantitative estimate of drug-likeness (QED) is 0.481. The molecule has 0 saturated carbocycles. The number of rotatable bonds is 7. The Labute approximate surface area is 209 Å². The average Bonchev–Trinajstić information content (AvgIpc) is 2.73. The highest BCUT2D eigenvalue weighted by molar-refractivity contribution is 8.13. The van der Waals surface area contributed by atoms with Gasteiger partial charge in [-0.1, -0.05) is 47.5 Å². The van der Waals surface area contributed by atoms with Crippen LogP contribution < -0.4 is 5.32 Å². The predicted molar refractivity (Wildman–Crippen MR) is 134 cm³/mol. The molecular formula is C20H27Cl4N3O3S. The van der Waals surface area contributed by atoms with Gasteiger partial charge in [-0.2, -0.15) is 0 Å². The number of likely N-dealkylation sites (tertiary alicyclic amines) is 1. The zero-order valence-corrected chi connectivity index (χ0v) is 21.1. The van der Waals surface area contributed by atoms with Gasteiger partial charge in [0.1, 0.15) is 6.04 Å². The van der Waals surface area contributed by atoms with Crippen molar-refractivity contribution in [3.05, 3.63) is 45.1 Å². The van der Waals surface area contributed by atoms with Crippen LogP contribution in [0.5, 0.6) is 0 Å². The van der Waals surface area contributed by atoms with E-state index in [1.54, 1.807) is 18.2 Å². The van der Waals surface area contributed by atoms with Crippen LogP contribution >= 0.6 is 59.8 Å². The standard InChI is InChI=1S/C20H25Cl2N3O3S.2ClH/c1-29-20-23-16(12-28-10-9-25-7-3-2-4-8-25)17(19(26)27)18(24-20)13-5-6-14(21)15(22)11-13;;/h5-6,11,18H,2-4,7-10,12H2,1H3,(H,23,24)(H,26,27);2*1H. The zero-order valence-electron chi connectivity index (χ0n) is 17.1. The second-order valence-corrected chi connectivity index (χ2v) is 8.60. The summed E-state index contributed by atoms with van der Waals surface area (Å²) >= 11 is 13.6. The van der Waals surface area contributed by atoms with Gasteiger partial charge in [0.05, 0.1) is 34.5 Å². The third-order valence-corrected chi connectivity index (χ3v) is 6.37. The average molecular weight is 531 g/mol. The summed E-state index contributed by atoms with van der Waals surface area (Å²) in [7, 11) is 0. The number of hydrogen-bond acceptors (Lipinski definition) is 6. The molecule has 6 nitrogen and oxygen atoms in total. The van der Waals surface area contributed by atoms with Crippen molar-refractivity contribution in [2.45, 2.75) is 25.3 Å². The first-order chi connectivity index (χ1) is 14.0. The van der Waals surface area contributed by atoms with Crippen LogP contribution in [0.3, 0.4) is 0 Å². The van der Waals surface area contributed by atoms with Gasteiger partial charge in [0, 0.05) is 6.54 Å². The van der Waals surface area contributed by atoms with Crippen molar-refractivity contribution in [3.63, 3.8) is 0 Å². The third kappa shape index (κ3) is 7.70. The van der Waals surface area contributed by atoms with Crippen LogP contribution in [0, 0.1) is 0 Å². The molecule has 2 aliphatic rings. The van der Waals surface area contributed by atoms with E-state index in [1.165, 1.54) is 31.0 Å². The molecule has 31 heavy (non-hydrogen) atoms. The number of nitrogens with one attached hydrogen (secondary N) is 1. The summed E-state index contributed by atoms with van der Waals surface area (Å²) < 4.78 is 5.84. The van der Waals surface area contributed by atoms with E-state index >= 15 is 0 Å². The number of aliphatic carboxylic acids is 1. The van der Waals surface area contributed by atoms with Crippen molar-refractivity contribution in [3.8, 4) is 0 Å². The van der Waals surface area contributed by atoms with Gasteiger partial charge in [0.2, 0.25) is 0 Å². The summed E-state index contributed by atoms with van der Waals surface area (Å²) in [6, 6.07) is 4.40. The molecule has 0 bridgehead atoms. The van der Waals surface area contributed by atoms with Crippen molar-refractivity contribution < 1.29 is 14.6 Å². The highest BCUT2D eigenvalue weighted by Gasteiger charge is 2.31. The molecule has 0 aromatic heterocycles. The maximum atomic E-state index is 12.1. The summed E-state index contributed by atoms with van der Waals surface area (Å²) in [5, 5.41) is 14.4. The second-order valence-electron chi connectivity index (χ2n) is 6.99. The Kier molecular flexibility index (Phi) is 12.6. The van der Waals surface area contributed by atoms with Crippen molar-refractivity contribution >= 4 is 70.9 Å². The molecule has 3 rings (SSSR count). The molecule has 2 aliphatic heterocycles. The minimum Gasteiger partial charge on any atom is -0.478 e. The van der Waals surface area contributed by atoms with Gasteiger partial charge >= 0.3 is 5.97 Å². The van der Waals surface area contributed by atoms with Gasteiger partial charge in [0.25, 0.3) is 0 Å². The van der Waals surface area contributed by atoms with E-state index < -0.39 is 12.0 Å². The number of benzene rings is 1. The van der Waals surface area contributed by atoms with E-state index in [9.17, 15) is 9.90 Å². The van der Waals surface area contributed by atoms with Crippen molar-refractivity contribution in [2.24, 2.45) is 4.99 Å². The lowest BCUT2D eigenvalue weighted by molar-refractivity contribution is -0.133. The molecule has 11 heteroatoms. The van der Waals surface area contributed by atoms with Gasteiger partial charge in [-0.3, -0.25) is 0 Å². The predicted octanol–water partition coefficient (Wildman–Crippen LogP) is 5.04. The maximum Gasteiger partial charge on any atom is 0.335 e. The number of thioether (sulfide) groups is 1. The fourth-order valence-electron chi connectivity index (χ4n) is 3.51. The smallest absolute Gasteiger partial charge is 0.335 e. The monoisotopic (exact) mass is 529 g/mol. The van der Waals surface area contributed by atoms with E-state index in [1.807, 2.05) is 6.26 Å². The summed E-state index contributed by atoms with van der Waals surface area (Å²) in [5.74, 6) is -1.04. The number of amidine groups is 1. The minimum absolute atomic E-state index is 0. The van der Waals surface area contributed by atoms with Gasteiger partial charge < -0.3 is 20.1 Å². The van der Waals surface area contributed by atoms with Gasteiger partial charge in [0.15, 0.2) is 5.17 Å². The minimum atomic E-state index is -1.04. The van der Waals surface area contributed by atoms with Crippen LogP contribution in [0.15, 0.2) is 34.5 Å². The number of halogens is 4. The maximum absolute atomic E-state index is 12.1.